The van der Waals surface area contributed by atoms with E-state index in [0.29, 0.717) is 5.56 Å². The Kier molecular flexibility index (Phi) is 3.49. The number of halogens is 1. The van der Waals surface area contributed by atoms with Crippen LogP contribution < -0.4 is 4.74 Å². The molecule has 0 bridgehead atoms. The van der Waals surface area contributed by atoms with E-state index in [1.54, 1.807) is 6.92 Å². The van der Waals surface area contributed by atoms with Gasteiger partial charge in [0.2, 0.25) is 0 Å². The lowest BCUT2D eigenvalue weighted by Gasteiger charge is -2.18. The fourth-order valence-electron chi connectivity index (χ4n) is 0.949. The number of ether oxygens (including phenoxy) is 1. The first kappa shape index (κ1) is 12.4. The Morgan fingerprint density at radius 2 is 2.19 bits per heavy atom. The highest BCUT2D eigenvalue weighted by atomic mass is 19.1. The third-order valence-corrected chi connectivity index (χ3v) is 2.12. The molecular formula is C11H13FO4. The number of hydrogen-bond acceptors (Lipinski definition) is 3. The molecule has 0 aliphatic carbocycles. The molecule has 0 aromatic heterocycles. The van der Waals surface area contributed by atoms with Crippen molar-refractivity contribution in [1.82, 2.24) is 0 Å². The van der Waals surface area contributed by atoms with Crippen molar-refractivity contribution < 1.29 is 24.1 Å². The third-order valence-electron chi connectivity index (χ3n) is 2.12. The summed E-state index contributed by atoms with van der Waals surface area (Å²) in [6.07, 6.45) is 0. The molecule has 0 amide bonds. The minimum absolute atomic E-state index is 0.185. The lowest BCUT2D eigenvalue weighted by molar-refractivity contribution is -0.159. The van der Waals surface area contributed by atoms with E-state index in [1.165, 1.54) is 12.1 Å². The van der Waals surface area contributed by atoms with Crippen LogP contribution >= 0.6 is 0 Å². The monoisotopic (exact) mass is 228 g/mol. The van der Waals surface area contributed by atoms with Crippen molar-refractivity contribution in [2.45, 2.75) is 19.4 Å². The molecule has 0 saturated heterocycles. The third kappa shape index (κ3) is 2.93. The van der Waals surface area contributed by atoms with Crippen LogP contribution in [0, 0.1) is 12.7 Å². The van der Waals surface area contributed by atoms with Gasteiger partial charge in [-0.15, -0.1) is 0 Å². The molecule has 0 unspecified atom stereocenters. The molecule has 0 heterocycles. The molecule has 0 saturated carbocycles. The van der Waals surface area contributed by atoms with Crippen LogP contribution in [0.4, 0.5) is 4.39 Å². The van der Waals surface area contributed by atoms with Crippen LogP contribution in [0.5, 0.6) is 5.75 Å². The van der Waals surface area contributed by atoms with Crippen molar-refractivity contribution in [1.29, 1.82) is 0 Å². The molecule has 0 radical (unpaired) electrons. The predicted molar refractivity (Wildman–Crippen MR) is 54.9 cm³/mol. The van der Waals surface area contributed by atoms with Gasteiger partial charge in [-0.05, 0) is 25.5 Å². The van der Waals surface area contributed by atoms with Crippen LogP contribution in [-0.2, 0) is 4.79 Å². The standard InChI is InChI=1S/C11H13FO4/c1-7-3-4-8(5-9(7)12)16-6-11(2,15)10(13)14/h3-5,15H,6H2,1-2H3,(H,13,14)/t11-/m0/s1. The fourth-order valence-corrected chi connectivity index (χ4v) is 0.949. The number of benzene rings is 1. The van der Waals surface area contributed by atoms with Gasteiger partial charge in [-0.2, -0.15) is 0 Å². The minimum atomic E-state index is -1.98. The van der Waals surface area contributed by atoms with Crippen LogP contribution in [0.3, 0.4) is 0 Å². The number of hydrogen-bond donors (Lipinski definition) is 2. The van der Waals surface area contributed by atoms with Crippen LogP contribution in [0.15, 0.2) is 18.2 Å². The van der Waals surface area contributed by atoms with E-state index in [2.05, 4.69) is 0 Å². The summed E-state index contributed by atoms with van der Waals surface area (Å²) < 4.78 is 18.1. The Morgan fingerprint density at radius 1 is 1.56 bits per heavy atom. The molecule has 0 aliphatic rings. The fraction of sp³-hybridized carbons (Fsp3) is 0.364. The highest BCUT2D eigenvalue weighted by Gasteiger charge is 2.30. The summed E-state index contributed by atoms with van der Waals surface area (Å²) in [5.41, 5.74) is -1.51. The Morgan fingerprint density at radius 3 is 2.69 bits per heavy atom. The predicted octanol–water partition coefficient (Wildman–Crippen LogP) is 1.35. The van der Waals surface area contributed by atoms with E-state index in [4.69, 9.17) is 9.84 Å². The van der Waals surface area contributed by atoms with Crippen molar-refractivity contribution in [3.8, 4) is 5.75 Å². The first-order valence-corrected chi connectivity index (χ1v) is 4.67. The van der Waals surface area contributed by atoms with Gasteiger partial charge in [0, 0.05) is 6.07 Å². The van der Waals surface area contributed by atoms with Crippen molar-refractivity contribution in [3.63, 3.8) is 0 Å². The molecule has 0 fully saturated rings. The topological polar surface area (TPSA) is 66.8 Å². The van der Waals surface area contributed by atoms with E-state index >= 15 is 0 Å². The Balaban J connectivity index is 2.68. The first-order chi connectivity index (χ1) is 7.33. The van der Waals surface area contributed by atoms with Crippen LogP contribution in [0.1, 0.15) is 12.5 Å². The highest BCUT2D eigenvalue weighted by molar-refractivity contribution is 5.76. The summed E-state index contributed by atoms with van der Waals surface area (Å²) in [5.74, 6) is -1.64. The molecule has 1 aromatic rings. The van der Waals surface area contributed by atoms with Gasteiger partial charge >= 0.3 is 5.97 Å². The van der Waals surface area contributed by atoms with Gasteiger partial charge in [-0.1, -0.05) is 6.07 Å². The van der Waals surface area contributed by atoms with E-state index in [0.717, 1.165) is 13.0 Å². The van der Waals surface area contributed by atoms with Crippen LogP contribution in [-0.4, -0.2) is 28.4 Å². The second-order valence-corrected chi connectivity index (χ2v) is 3.78. The Labute approximate surface area is 92.3 Å². The zero-order chi connectivity index (χ0) is 12.3. The van der Waals surface area contributed by atoms with Crippen LogP contribution in [0.2, 0.25) is 0 Å². The molecule has 88 valence electrons. The smallest absolute Gasteiger partial charge is 0.339 e. The number of aliphatic hydroxyl groups is 1. The van der Waals surface area contributed by atoms with Crippen LogP contribution in [0.25, 0.3) is 0 Å². The van der Waals surface area contributed by atoms with E-state index in [1.807, 2.05) is 0 Å². The van der Waals surface area contributed by atoms with Gasteiger partial charge in [0.25, 0.3) is 0 Å². The van der Waals surface area contributed by atoms with Gasteiger partial charge in [-0.25, -0.2) is 9.18 Å². The summed E-state index contributed by atoms with van der Waals surface area (Å²) in [6, 6.07) is 4.17. The molecule has 2 N–H and O–H groups in total. The first-order valence-electron chi connectivity index (χ1n) is 4.67. The van der Waals surface area contributed by atoms with Crippen molar-refractivity contribution in [2.75, 3.05) is 6.61 Å². The summed E-state index contributed by atoms with van der Waals surface area (Å²) >= 11 is 0. The summed E-state index contributed by atoms with van der Waals surface area (Å²) in [4.78, 5) is 10.6. The molecule has 4 nitrogen and oxygen atoms in total. The number of carbonyl (C=O) groups is 1. The van der Waals surface area contributed by atoms with Gasteiger partial charge in [0.1, 0.15) is 18.2 Å². The average Bonchev–Trinajstić information content (AvgIpc) is 2.20. The molecule has 16 heavy (non-hydrogen) atoms. The van der Waals surface area contributed by atoms with Gasteiger partial charge < -0.3 is 14.9 Å². The molecular weight excluding hydrogens is 215 g/mol. The number of carboxylic acid groups (broad SMARTS) is 1. The molecule has 1 rings (SSSR count). The van der Waals surface area contributed by atoms with Crippen molar-refractivity contribution in [2.24, 2.45) is 0 Å². The maximum Gasteiger partial charge on any atom is 0.339 e. The summed E-state index contributed by atoms with van der Waals surface area (Å²) in [7, 11) is 0. The van der Waals surface area contributed by atoms with E-state index in [-0.39, 0.29) is 5.75 Å². The van der Waals surface area contributed by atoms with Gasteiger partial charge in [0.05, 0.1) is 0 Å². The molecule has 0 aliphatic heterocycles. The summed E-state index contributed by atoms with van der Waals surface area (Å²) in [5, 5.41) is 18.0. The number of rotatable bonds is 4. The zero-order valence-corrected chi connectivity index (χ0v) is 9.03. The second-order valence-electron chi connectivity index (χ2n) is 3.78. The van der Waals surface area contributed by atoms with Gasteiger partial charge in [-0.3, -0.25) is 0 Å². The summed E-state index contributed by atoms with van der Waals surface area (Å²) in [6.45, 7) is 2.28. The average molecular weight is 228 g/mol. The van der Waals surface area contributed by atoms with Gasteiger partial charge in [0.15, 0.2) is 5.60 Å². The SMILES string of the molecule is Cc1ccc(OC[C@](C)(O)C(=O)O)cc1F. The van der Waals surface area contributed by atoms with Crippen molar-refractivity contribution in [3.05, 3.63) is 29.6 Å². The maximum absolute atomic E-state index is 13.1. The Bertz CT molecular complexity index is 401. The van der Waals surface area contributed by atoms with Crippen molar-refractivity contribution >= 4 is 5.97 Å². The number of aryl methyl sites for hydroxylation is 1. The maximum atomic E-state index is 13.1. The molecule has 1 atom stereocenters. The number of carboxylic acids is 1. The van der Waals surface area contributed by atoms with E-state index < -0.39 is 24.0 Å². The molecule has 0 spiro atoms. The Hall–Kier alpha value is -1.62. The number of aliphatic carboxylic acids is 1. The lowest BCUT2D eigenvalue weighted by atomic mass is 10.1. The van der Waals surface area contributed by atoms with E-state index in [9.17, 15) is 14.3 Å². The zero-order valence-electron chi connectivity index (χ0n) is 9.03. The minimum Gasteiger partial charge on any atom is -0.490 e. The highest BCUT2D eigenvalue weighted by Crippen LogP contribution is 2.17. The molecule has 1 aromatic carbocycles. The second kappa shape index (κ2) is 4.49. The largest absolute Gasteiger partial charge is 0.490 e. The normalized spacial score (nSPS) is 14.2. The quantitative estimate of drug-likeness (QED) is 0.816. The lowest BCUT2D eigenvalue weighted by Crippen LogP contribution is -2.41. The molecule has 5 heteroatoms.